The molecule has 5 rings (SSSR count). The number of ether oxygens (including phenoxy) is 2. The van der Waals surface area contributed by atoms with Crippen molar-refractivity contribution in [2.24, 2.45) is 5.92 Å². The van der Waals surface area contributed by atoms with Gasteiger partial charge in [-0.15, -0.1) is 0 Å². The largest absolute Gasteiger partial charge is 0.447 e. The molecule has 1 unspecified atom stereocenters. The first-order chi connectivity index (χ1) is 17.5. The Kier molecular flexibility index (Phi) is 7.11. The maximum Gasteiger partial charge on any atom is 0.414 e. The highest BCUT2D eigenvalue weighted by molar-refractivity contribution is 6.32. The molecule has 2 aromatic carbocycles. The van der Waals surface area contributed by atoms with E-state index in [2.05, 4.69) is 10.4 Å². The van der Waals surface area contributed by atoms with Crippen molar-refractivity contribution in [1.29, 1.82) is 0 Å². The van der Waals surface area contributed by atoms with Crippen molar-refractivity contribution in [3.63, 3.8) is 0 Å². The summed E-state index contributed by atoms with van der Waals surface area (Å²) >= 11 is 6.39. The molecule has 1 N–H and O–H groups in total. The Bertz CT molecular complexity index is 1270. The van der Waals surface area contributed by atoms with Crippen molar-refractivity contribution in [2.45, 2.75) is 12.8 Å². The first-order valence-electron chi connectivity index (χ1n) is 12.0. The van der Waals surface area contributed by atoms with Crippen LogP contribution in [0.15, 0.2) is 59.5 Å². The van der Waals surface area contributed by atoms with Crippen molar-refractivity contribution in [2.75, 3.05) is 55.1 Å². The predicted octanol–water partition coefficient (Wildman–Crippen LogP) is 4.45. The van der Waals surface area contributed by atoms with Gasteiger partial charge in [-0.1, -0.05) is 11.6 Å². The summed E-state index contributed by atoms with van der Waals surface area (Å²) in [5, 5.41) is 7.69. The minimum atomic E-state index is -0.376. The molecule has 1 atom stereocenters. The van der Waals surface area contributed by atoms with Crippen LogP contribution in [0.4, 0.5) is 27.5 Å². The maximum atomic E-state index is 12.9. The summed E-state index contributed by atoms with van der Waals surface area (Å²) in [5.41, 5.74) is 3.46. The smallest absolute Gasteiger partial charge is 0.414 e. The zero-order valence-electron chi connectivity index (χ0n) is 20.0. The summed E-state index contributed by atoms with van der Waals surface area (Å²) in [4.78, 5) is 28.3. The molecule has 0 aliphatic carbocycles. The second kappa shape index (κ2) is 10.6. The number of amides is 1. The number of carbonyl (C=O) groups excluding carboxylic acids is 1. The van der Waals surface area contributed by atoms with E-state index in [-0.39, 0.29) is 16.7 Å². The fourth-order valence-electron chi connectivity index (χ4n) is 4.41. The minimum Gasteiger partial charge on any atom is -0.447 e. The van der Waals surface area contributed by atoms with Gasteiger partial charge in [-0.2, -0.15) is 9.78 Å². The number of cyclic esters (lactones) is 1. The van der Waals surface area contributed by atoms with E-state index in [0.29, 0.717) is 43.6 Å². The highest BCUT2D eigenvalue weighted by Gasteiger charge is 2.23. The molecular formula is C26H28ClN5O4. The number of aromatic nitrogens is 2. The van der Waals surface area contributed by atoms with Crippen molar-refractivity contribution in [1.82, 2.24) is 9.78 Å². The number of nitrogens with one attached hydrogen (secondary N) is 1. The van der Waals surface area contributed by atoms with Gasteiger partial charge < -0.3 is 19.7 Å². The molecule has 9 nitrogen and oxygen atoms in total. The molecule has 0 bridgehead atoms. The summed E-state index contributed by atoms with van der Waals surface area (Å²) in [5.74, 6) is 0.398. The van der Waals surface area contributed by atoms with Crippen LogP contribution in [0, 0.1) is 5.92 Å². The zero-order chi connectivity index (χ0) is 25.1. The van der Waals surface area contributed by atoms with Crippen LogP contribution in [-0.4, -0.2) is 55.8 Å². The normalized spacial score (nSPS) is 17.7. The lowest BCUT2D eigenvalue weighted by Crippen LogP contribution is -2.26. The van der Waals surface area contributed by atoms with Gasteiger partial charge in [0.1, 0.15) is 11.6 Å². The van der Waals surface area contributed by atoms with Gasteiger partial charge in [0.25, 0.3) is 5.56 Å². The molecule has 2 fully saturated rings. The quantitative estimate of drug-likeness (QED) is 0.503. The van der Waals surface area contributed by atoms with Crippen molar-refractivity contribution in [3.8, 4) is 5.69 Å². The highest BCUT2D eigenvalue weighted by atomic mass is 35.5. The van der Waals surface area contributed by atoms with Gasteiger partial charge in [-0.3, -0.25) is 9.69 Å². The number of nitrogens with zero attached hydrogens (tertiary/aromatic N) is 4. The minimum absolute atomic E-state index is 0.116. The molecule has 36 heavy (non-hydrogen) atoms. The Hall–Kier alpha value is -3.56. The number of anilines is 4. The van der Waals surface area contributed by atoms with E-state index < -0.39 is 0 Å². The predicted molar refractivity (Wildman–Crippen MR) is 140 cm³/mol. The van der Waals surface area contributed by atoms with Crippen LogP contribution in [0.1, 0.15) is 12.8 Å². The Morgan fingerprint density at radius 2 is 1.75 bits per heavy atom. The fourth-order valence-corrected chi connectivity index (χ4v) is 4.61. The summed E-state index contributed by atoms with van der Waals surface area (Å²) in [6, 6.07) is 15.2. The summed E-state index contributed by atoms with van der Waals surface area (Å²) < 4.78 is 11.8. The standard InChI is InChI=1S/C26H28ClN5O4/c1-30(19-4-8-21(9-5-19)31-12-14-36-26(31)34)20-6-10-22(11-7-20)32-25(33)24(27)23(16-29-32)28-15-18-3-2-13-35-17-18/h4-11,16,18,28H,2-3,12-15,17H2,1H3. The van der Waals surface area contributed by atoms with Crippen molar-refractivity contribution >= 4 is 40.4 Å². The van der Waals surface area contributed by atoms with E-state index in [1.165, 1.54) is 4.68 Å². The second-order valence-corrected chi connectivity index (χ2v) is 9.29. The van der Waals surface area contributed by atoms with E-state index in [9.17, 15) is 9.59 Å². The molecule has 2 saturated heterocycles. The molecule has 0 saturated carbocycles. The molecule has 3 aromatic rings. The number of rotatable bonds is 7. The third kappa shape index (κ3) is 5.03. The maximum absolute atomic E-state index is 12.9. The number of hydrogen-bond donors (Lipinski definition) is 1. The van der Waals surface area contributed by atoms with Crippen molar-refractivity contribution in [3.05, 3.63) is 70.1 Å². The Morgan fingerprint density at radius 3 is 2.36 bits per heavy atom. The van der Waals surface area contributed by atoms with E-state index in [1.807, 2.05) is 60.5 Å². The highest BCUT2D eigenvalue weighted by Crippen LogP contribution is 2.28. The van der Waals surface area contributed by atoms with E-state index in [0.717, 1.165) is 36.5 Å². The molecule has 2 aliphatic rings. The summed E-state index contributed by atoms with van der Waals surface area (Å²) in [6.45, 7) is 3.18. The monoisotopic (exact) mass is 509 g/mol. The van der Waals surface area contributed by atoms with Crippen LogP contribution in [-0.2, 0) is 9.47 Å². The number of benzene rings is 2. The third-order valence-corrected chi connectivity index (χ3v) is 6.91. The number of carbonyl (C=O) groups is 1. The van der Waals surface area contributed by atoms with Gasteiger partial charge in [0.05, 0.1) is 30.7 Å². The van der Waals surface area contributed by atoms with Gasteiger partial charge in [-0.25, -0.2) is 4.79 Å². The van der Waals surface area contributed by atoms with Crippen LogP contribution in [0.5, 0.6) is 0 Å². The van der Waals surface area contributed by atoms with Crippen molar-refractivity contribution < 1.29 is 14.3 Å². The zero-order valence-corrected chi connectivity index (χ0v) is 20.8. The first kappa shape index (κ1) is 24.1. The molecule has 10 heteroatoms. The van der Waals surface area contributed by atoms with Gasteiger partial charge in [0, 0.05) is 37.3 Å². The van der Waals surface area contributed by atoms with E-state index in [1.54, 1.807) is 11.1 Å². The topological polar surface area (TPSA) is 88.9 Å². The lowest BCUT2D eigenvalue weighted by atomic mass is 10.0. The van der Waals surface area contributed by atoms with Crippen LogP contribution in [0.2, 0.25) is 5.02 Å². The number of halogens is 1. The second-order valence-electron chi connectivity index (χ2n) is 8.91. The average molecular weight is 510 g/mol. The van der Waals surface area contributed by atoms with Crippen LogP contribution >= 0.6 is 11.6 Å². The van der Waals surface area contributed by atoms with Crippen LogP contribution in [0.25, 0.3) is 5.69 Å². The molecule has 3 heterocycles. The van der Waals surface area contributed by atoms with Crippen LogP contribution < -0.4 is 20.7 Å². The molecule has 0 radical (unpaired) electrons. The summed E-state index contributed by atoms with van der Waals surface area (Å²) in [7, 11) is 1.95. The van der Waals surface area contributed by atoms with Gasteiger partial charge >= 0.3 is 6.09 Å². The average Bonchev–Trinajstić information content (AvgIpc) is 3.36. The molecular weight excluding hydrogens is 482 g/mol. The summed E-state index contributed by atoms with van der Waals surface area (Å²) in [6.07, 6.45) is 3.40. The van der Waals surface area contributed by atoms with Gasteiger partial charge in [0.15, 0.2) is 0 Å². The fraction of sp³-hybridized carbons (Fsp3) is 0.346. The lowest BCUT2D eigenvalue weighted by molar-refractivity contribution is 0.0595. The lowest BCUT2D eigenvalue weighted by Gasteiger charge is -2.23. The molecule has 2 aliphatic heterocycles. The number of hydrogen-bond acceptors (Lipinski definition) is 7. The molecule has 188 valence electrons. The van der Waals surface area contributed by atoms with E-state index in [4.69, 9.17) is 21.1 Å². The molecule has 1 amide bonds. The Morgan fingerprint density at radius 1 is 1.06 bits per heavy atom. The van der Waals surface area contributed by atoms with Gasteiger partial charge in [0.2, 0.25) is 0 Å². The van der Waals surface area contributed by atoms with Crippen LogP contribution in [0.3, 0.4) is 0 Å². The molecule has 0 spiro atoms. The molecule has 1 aromatic heterocycles. The third-order valence-electron chi connectivity index (χ3n) is 6.55. The van der Waals surface area contributed by atoms with E-state index >= 15 is 0 Å². The van der Waals surface area contributed by atoms with Gasteiger partial charge in [-0.05, 0) is 67.3 Å². The SMILES string of the molecule is CN(c1ccc(N2CCOC2=O)cc1)c1ccc(-n2ncc(NCC3CCCOC3)c(Cl)c2=O)cc1. The Balaban J connectivity index is 1.27. The Labute approximate surface area is 214 Å². The first-order valence-corrected chi connectivity index (χ1v) is 12.4.